The van der Waals surface area contributed by atoms with Crippen molar-refractivity contribution in [3.8, 4) is 0 Å². The van der Waals surface area contributed by atoms with Gasteiger partial charge in [0.2, 0.25) is 0 Å². The summed E-state index contributed by atoms with van der Waals surface area (Å²) in [4.78, 5) is 1.33. The second-order valence-corrected chi connectivity index (χ2v) is 4.44. The van der Waals surface area contributed by atoms with Crippen molar-refractivity contribution in [3.05, 3.63) is 29.8 Å². The molecule has 0 saturated heterocycles. The maximum Gasteiger partial charge on any atom is 0.00693 e. The molecule has 0 aromatic heterocycles. The molecule has 0 radical (unpaired) electrons. The molecule has 0 aliphatic carbocycles. The summed E-state index contributed by atoms with van der Waals surface area (Å²) >= 11 is 1.78. The number of hydrogen-bond donors (Lipinski definition) is 1. The summed E-state index contributed by atoms with van der Waals surface area (Å²) in [5.41, 5.74) is 7.09. The fourth-order valence-corrected chi connectivity index (χ4v) is 1.90. The van der Waals surface area contributed by atoms with Crippen LogP contribution < -0.4 is 5.73 Å². The fourth-order valence-electron chi connectivity index (χ4n) is 1.49. The molecule has 1 nitrogen and oxygen atoms in total. The normalized spacial score (nSPS) is 12.8. The van der Waals surface area contributed by atoms with Crippen molar-refractivity contribution >= 4 is 11.8 Å². The van der Waals surface area contributed by atoms with E-state index in [-0.39, 0.29) is 0 Å². The van der Waals surface area contributed by atoms with Gasteiger partial charge in [-0.2, -0.15) is 0 Å². The van der Waals surface area contributed by atoms with E-state index in [4.69, 9.17) is 5.73 Å². The van der Waals surface area contributed by atoms with Crippen LogP contribution in [0.5, 0.6) is 0 Å². The lowest BCUT2D eigenvalue weighted by molar-refractivity contribution is 0.518. The highest BCUT2D eigenvalue weighted by Crippen LogP contribution is 2.17. The highest BCUT2D eigenvalue weighted by molar-refractivity contribution is 7.98. The van der Waals surface area contributed by atoms with Gasteiger partial charge in [-0.05, 0) is 42.8 Å². The molecule has 0 heterocycles. The van der Waals surface area contributed by atoms with Gasteiger partial charge in [-0.1, -0.05) is 25.5 Å². The van der Waals surface area contributed by atoms with Gasteiger partial charge in [-0.15, -0.1) is 11.8 Å². The Morgan fingerprint density at radius 3 is 2.36 bits per heavy atom. The second kappa shape index (κ2) is 6.10. The molecular weight excluding hydrogens is 190 g/mol. The Kier molecular flexibility index (Phi) is 5.05. The van der Waals surface area contributed by atoms with Crippen LogP contribution in [0.4, 0.5) is 0 Å². The smallest absolute Gasteiger partial charge is 0.00693 e. The zero-order valence-corrected chi connectivity index (χ0v) is 9.81. The van der Waals surface area contributed by atoms with Crippen LogP contribution >= 0.6 is 11.8 Å². The number of benzene rings is 1. The van der Waals surface area contributed by atoms with Gasteiger partial charge in [0.05, 0.1) is 0 Å². The molecule has 0 fully saturated rings. The van der Waals surface area contributed by atoms with Crippen molar-refractivity contribution in [2.45, 2.75) is 24.7 Å². The largest absolute Gasteiger partial charge is 0.330 e. The number of thioether (sulfide) groups is 1. The van der Waals surface area contributed by atoms with E-state index in [1.807, 2.05) is 0 Å². The summed E-state index contributed by atoms with van der Waals surface area (Å²) in [7, 11) is 0. The van der Waals surface area contributed by atoms with Crippen LogP contribution in [0.1, 0.15) is 18.9 Å². The summed E-state index contributed by atoms with van der Waals surface area (Å²) in [5.74, 6) is 0.634. The fraction of sp³-hybridized carbons (Fsp3) is 0.500. The zero-order valence-electron chi connectivity index (χ0n) is 8.99. The second-order valence-electron chi connectivity index (χ2n) is 3.56. The predicted molar refractivity (Wildman–Crippen MR) is 64.8 cm³/mol. The first kappa shape index (κ1) is 11.6. The summed E-state index contributed by atoms with van der Waals surface area (Å²) in [6.07, 6.45) is 4.38. The van der Waals surface area contributed by atoms with Gasteiger partial charge in [0.25, 0.3) is 0 Å². The molecule has 1 atom stereocenters. The Labute approximate surface area is 91.1 Å². The minimum absolute atomic E-state index is 0.634. The summed E-state index contributed by atoms with van der Waals surface area (Å²) < 4.78 is 0. The van der Waals surface area contributed by atoms with Crippen LogP contribution in [0.3, 0.4) is 0 Å². The predicted octanol–water partition coefficient (Wildman–Crippen LogP) is 2.94. The van der Waals surface area contributed by atoms with E-state index in [1.54, 1.807) is 11.8 Å². The van der Waals surface area contributed by atoms with E-state index in [9.17, 15) is 0 Å². The number of hydrogen-bond acceptors (Lipinski definition) is 2. The van der Waals surface area contributed by atoms with Crippen molar-refractivity contribution in [2.24, 2.45) is 11.7 Å². The van der Waals surface area contributed by atoms with E-state index in [0.29, 0.717) is 5.92 Å². The molecule has 78 valence electrons. The zero-order chi connectivity index (χ0) is 10.4. The molecular formula is C12H19NS. The first-order valence-corrected chi connectivity index (χ1v) is 6.35. The van der Waals surface area contributed by atoms with Crippen molar-refractivity contribution in [1.29, 1.82) is 0 Å². The lowest BCUT2D eigenvalue weighted by atomic mass is 9.97. The minimum Gasteiger partial charge on any atom is -0.330 e. The molecule has 0 aliphatic rings. The van der Waals surface area contributed by atoms with Crippen molar-refractivity contribution in [2.75, 3.05) is 12.8 Å². The van der Waals surface area contributed by atoms with Gasteiger partial charge >= 0.3 is 0 Å². The Morgan fingerprint density at radius 1 is 1.29 bits per heavy atom. The van der Waals surface area contributed by atoms with Gasteiger partial charge in [-0.3, -0.25) is 0 Å². The number of nitrogens with two attached hydrogens (primary N) is 1. The van der Waals surface area contributed by atoms with E-state index in [1.165, 1.54) is 16.9 Å². The molecule has 1 unspecified atom stereocenters. The van der Waals surface area contributed by atoms with Crippen LogP contribution in [-0.4, -0.2) is 12.8 Å². The lowest BCUT2D eigenvalue weighted by Crippen LogP contribution is -2.15. The molecule has 0 amide bonds. The maximum absolute atomic E-state index is 5.68. The van der Waals surface area contributed by atoms with Gasteiger partial charge < -0.3 is 5.73 Å². The van der Waals surface area contributed by atoms with Gasteiger partial charge in [-0.25, -0.2) is 0 Å². The summed E-state index contributed by atoms with van der Waals surface area (Å²) in [6.45, 7) is 2.99. The van der Waals surface area contributed by atoms with Crippen molar-refractivity contribution in [3.63, 3.8) is 0 Å². The summed E-state index contributed by atoms with van der Waals surface area (Å²) in [6, 6.07) is 8.79. The van der Waals surface area contributed by atoms with E-state index in [2.05, 4.69) is 37.4 Å². The van der Waals surface area contributed by atoms with Crippen LogP contribution in [0.15, 0.2) is 29.2 Å². The molecule has 0 saturated carbocycles. The van der Waals surface area contributed by atoms with Crippen LogP contribution in [0.25, 0.3) is 0 Å². The first-order valence-electron chi connectivity index (χ1n) is 5.13. The highest BCUT2D eigenvalue weighted by Gasteiger charge is 2.04. The molecule has 2 heteroatoms. The average molecular weight is 209 g/mol. The van der Waals surface area contributed by atoms with Crippen LogP contribution in [0.2, 0.25) is 0 Å². The van der Waals surface area contributed by atoms with Crippen molar-refractivity contribution in [1.82, 2.24) is 0 Å². The average Bonchev–Trinajstić information content (AvgIpc) is 2.26. The maximum atomic E-state index is 5.68. The third kappa shape index (κ3) is 3.35. The quantitative estimate of drug-likeness (QED) is 0.755. The van der Waals surface area contributed by atoms with Crippen LogP contribution in [-0.2, 0) is 6.42 Å². The monoisotopic (exact) mass is 209 g/mol. The molecule has 0 aliphatic heterocycles. The van der Waals surface area contributed by atoms with E-state index in [0.717, 1.165) is 13.0 Å². The van der Waals surface area contributed by atoms with Gasteiger partial charge in [0.1, 0.15) is 0 Å². The highest BCUT2D eigenvalue weighted by atomic mass is 32.2. The van der Waals surface area contributed by atoms with Crippen molar-refractivity contribution < 1.29 is 0 Å². The Hall–Kier alpha value is -0.470. The van der Waals surface area contributed by atoms with Gasteiger partial charge in [0, 0.05) is 4.90 Å². The molecule has 1 rings (SSSR count). The molecule has 1 aromatic carbocycles. The minimum atomic E-state index is 0.634. The van der Waals surface area contributed by atoms with E-state index >= 15 is 0 Å². The topological polar surface area (TPSA) is 26.0 Å². The summed E-state index contributed by atoms with van der Waals surface area (Å²) in [5, 5.41) is 0. The molecule has 0 bridgehead atoms. The van der Waals surface area contributed by atoms with E-state index < -0.39 is 0 Å². The molecule has 1 aromatic rings. The van der Waals surface area contributed by atoms with Gasteiger partial charge in [0.15, 0.2) is 0 Å². The first-order chi connectivity index (χ1) is 6.80. The lowest BCUT2D eigenvalue weighted by Gasteiger charge is -2.11. The third-order valence-electron chi connectivity index (χ3n) is 2.59. The Bertz CT molecular complexity index is 252. The Balaban J connectivity index is 2.58. The standard InChI is InChI=1S/C12H19NS/c1-3-10(9-13)8-11-4-6-12(14-2)7-5-11/h4-7,10H,3,8-9,13H2,1-2H3. The SMILES string of the molecule is CCC(CN)Cc1ccc(SC)cc1. The molecule has 14 heavy (non-hydrogen) atoms. The number of rotatable bonds is 5. The third-order valence-corrected chi connectivity index (χ3v) is 3.34. The Morgan fingerprint density at radius 2 is 1.93 bits per heavy atom. The molecule has 2 N–H and O–H groups in total. The van der Waals surface area contributed by atoms with Crippen LogP contribution in [0, 0.1) is 5.92 Å². The molecule has 0 spiro atoms.